The highest BCUT2D eigenvalue weighted by molar-refractivity contribution is 5.90. The second-order valence-electron chi connectivity index (χ2n) is 4.29. The van der Waals surface area contributed by atoms with Crippen LogP contribution in [0.1, 0.15) is 11.1 Å². The van der Waals surface area contributed by atoms with Gasteiger partial charge in [-0.2, -0.15) is 0 Å². The van der Waals surface area contributed by atoms with Crippen LogP contribution in [-0.2, 0) is 9.59 Å². The quantitative estimate of drug-likeness (QED) is 0.848. The lowest BCUT2D eigenvalue weighted by Gasteiger charge is -1.88. The summed E-state index contributed by atoms with van der Waals surface area (Å²) >= 11 is 0. The standard InChI is InChI=1S/2C9H9NO/c2*10-9(11)7-6-8-4-2-1-3-5-8/h2*1-7H,(H2,10,11)/b2*7-6+. The van der Waals surface area contributed by atoms with E-state index in [2.05, 4.69) is 0 Å². The van der Waals surface area contributed by atoms with Crippen LogP contribution in [0, 0.1) is 0 Å². The number of hydrogen-bond donors (Lipinski definition) is 2. The van der Waals surface area contributed by atoms with Gasteiger partial charge in [-0.25, -0.2) is 0 Å². The first-order valence-corrected chi connectivity index (χ1v) is 6.63. The lowest BCUT2D eigenvalue weighted by Crippen LogP contribution is -2.04. The van der Waals surface area contributed by atoms with Crippen molar-refractivity contribution >= 4 is 24.0 Å². The SMILES string of the molecule is NC(=O)/C=C/c1ccccc1.NC(=O)/C=C/c1ccccc1. The molecule has 4 N–H and O–H groups in total. The Morgan fingerprint density at radius 3 is 1.23 bits per heavy atom. The van der Waals surface area contributed by atoms with Gasteiger partial charge in [0.2, 0.25) is 11.8 Å². The zero-order valence-corrected chi connectivity index (χ0v) is 12.1. The van der Waals surface area contributed by atoms with Gasteiger partial charge in [0.25, 0.3) is 0 Å². The van der Waals surface area contributed by atoms with Crippen molar-refractivity contribution in [1.82, 2.24) is 0 Å². The van der Waals surface area contributed by atoms with E-state index in [-0.39, 0.29) is 0 Å². The fraction of sp³-hybridized carbons (Fsp3) is 0. The van der Waals surface area contributed by atoms with Crippen molar-refractivity contribution in [2.75, 3.05) is 0 Å². The Labute approximate surface area is 129 Å². The third-order valence-electron chi connectivity index (χ3n) is 2.48. The van der Waals surface area contributed by atoms with Gasteiger partial charge >= 0.3 is 0 Å². The molecule has 112 valence electrons. The monoisotopic (exact) mass is 294 g/mol. The Morgan fingerprint density at radius 2 is 0.955 bits per heavy atom. The van der Waals surface area contributed by atoms with Crippen LogP contribution >= 0.6 is 0 Å². The normalized spacial score (nSPS) is 10.2. The minimum absolute atomic E-state index is 0.422. The predicted molar refractivity (Wildman–Crippen MR) is 89.3 cm³/mol. The van der Waals surface area contributed by atoms with Crippen LogP contribution in [0.15, 0.2) is 72.8 Å². The Morgan fingerprint density at radius 1 is 0.636 bits per heavy atom. The van der Waals surface area contributed by atoms with Gasteiger partial charge in [0, 0.05) is 12.2 Å². The van der Waals surface area contributed by atoms with E-state index >= 15 is 0 Å². The maximum absolute atomic E-state index is 10.3. The molecule has 0 radical (unpaired) electrons. The van der Waals surface area contributed by atoms with Gasteiger partial charge in [0.05, 0.1) is 0 Å². The number of benzene rings is 2. The van der Waals surface area contributed by atoms with Gasteiger partial charge in [-0.3, -0.25) is 9.59 Å². The fourth-order valence-corrected chi connectivity index (χ4v) is 1.49. The molecule has 0 atom stereocenters. The van der Waals surface area contributed by atoms with Crippen LogP contribution in [0.2, 0.25) is 0 Å². The summed E-state index contributed by atoms with van der Waals surface area (Å²) in [7, 11) is 0. The van der Waals surface area contributed by atoms with E-state index in [9.17, 15) is 9.59 Å². The highest BCUT2D eigenvalue weighted by Gasteiger charge is 1.85. The van der Waals surface area contributed by atoms with Crippen LogP contribution in [0.3, 0.4) is 0 Å². The number of carbonyl (C=O) groups excluding carboxylic acids is 2. The molecule has 0 fully saturated rings. The molecular formula is C18H18N2O2. The van der Waals surface area contributed by atoms with Crippen LogP contribution in [0.4, 0.5) is 0 Å². The summed E-state index contributed by atoms with van der Waals surface area (Å²) in [4.78, 5) is 20.6. The summed E-state index contributed by atoms with van der Waals surface area (Å²) < 4.78 is 0. The van der Waals surface area contributed by atoms with Crippen LogP contribution in [0.25, 0.3) is 12.2 Å². The number of primary amides is 2. The average Bonchev–Trinajstić information content (AvgIpc) is 2.53. The van der Waals surface area contributed by atoms with Gasteiger partial charge in [-0.15, -0.1) is 0 Å². The molecule has 4 nitrogen and oxygen atoms in total. The summed E-state index contributed by atoms with van der Waals surface area (Å²) in [6.45, 7) is 0. The molecule has 0 saturated heterocycles. The predicted octanol–water partition coefficient (Wildman–Crippen LogP) is 2.37. The number of amides is 2. The van der Waals surface area contributed by atoms with E-state index in [0.717, 1.165) is 11.1 Å². The number of hydrogen-bond acceptors (Lipinski definition) is 2. The molecule has 4 heteroatoms. The number of nitrogens with two attached hydrogens (primary N) is 2. The first-order valence-electron chi connectivity index (χ1n) is 6.63. The van der Waals surface area contributed by atoms with E-state index in [1.807, 2.05) is 60.7 Å². The van der Waals surface area contributed by atoms with Crippen molar-refractivity contribution in [3.8, 4) is 0 Å². The third-order valence-corrected chi connectivity index (χ3v) is 2.48. The van der Waals surface area contributed by atoms with E-state index in [1.165, 1.54) is 12.2 Å². The Hall–Kier alpha value is -3.14. The molecule has 0 aliphatic rings. The summed E-state index contributed by atoms with van der Waals surface area (Å²) in [5.41, 5.74) is 11.8. The van der Waals surface area contributed by atoms with Crippen molar-refractivity contribution in [2.45, 2.75) is 0 Å². The molecule has 2 rings (SSSR count). The van der Waals surface area contributed by atoms with Crippen LogP contribution in [-0.4, -0.2) is 11.8 Å². The van der Waals surface area contributed by atoms with Gasteiger partial charge in [0.1, 0.15) is 0 Å². The lowest BCUT2D eigenvalue weighted by atomic mass is 10.2. The first-order chi connectivity index (χ1) is 10.6. The van der Waals surface area contributed by atoms with E-state index in [4.69, 9.17) is 11.5 Å². The Bertz CT molecular complexity index is 588. The van der Waals surface area contributed by atoms with E-state index in [0.29, 0.717) is 0 Å². The fourth-order valence-electron chi connectivity index (χ4n) is 1.49. The van der Waals surface area contributed by atoms with Crippen molar-refractivity contribution in [2.24, 2.45) is 11.5 Å². The summed E-state index contributed by atoms with van der Waals surface area (Å²) in [6, 6.07) is 19.1. The van der Waals surface area contributed by atoms with Gasteiger partial charge in [-0.05, 0) is 23.3 Å². The Balaban J connectivity index is 0.000000220. The van der Waals surface area contributed by atoms with Crippen LogP contribution < -0.4 is 11.5 Å². The third kappa shape index (κ3) is 8.12. The van der Waals surface area contributed by atoms with Gasteiger partial charge < -0.3 is 11.5 Å². The average molecular weight is 294 g/mol. The molecule has 0 aliphatic heterocycles. The topological polar surface area (TPSA) is 86.2 Å². The zero-order valence-electron chi connectivity index (χ0n) is 12.1. The van der Waals surface area contributed by atoms with Gasteiger partial charge in [0.15, 0.2) is 0 Å². The molecule has 0 aliphatic carbocycles. The maximum atomic E-state index is 10.3. The molecule has 2 aromatic rings. The van der Waals surface area contributed by atoms with Gasteiger partial charge in [-0.1, -0.05) is 60.7 Å². The van der Waals surface area contributed by atoms with Crippen molar-refractivity contribution in [3.05, 3.63) is 83.9 Å². The minimum Gasteiger partial charge on any atom is -0.366 e. The van der Waals surface area contributed by atoms with Crippen molar-refractivity contribution < 1.29 is 9.59 Å². The van der Waals surface area contributed by atoms with E-state index in [1.54, 1.807) is 12.2 Å². The number of rotatable bonds is 4. The summed E-state index contributed by atoms with van der Waals surface area (Å²) in [5.74, 6) is -0.845. The van der Waals surface area contributed by atoms with Crippen molar-refractivity contribution in [3.63, 3.8) is 0 Å². The highest BCUT2D eigenvalue weighted by atomic mass is 16.1. The molecule has 0 spiro atoms. The second-order valence-corrected chi connectivity index (χ2v) is 4.29. The molecule has 0 saturated carbocycles. The molecule has 2 amide bonds. The molecular weight excluding hydrogens is 276 g/mol. The first kappa shape index (κ1) is 16.9. The minimum atomic E-state index is -0.422. The van der Waals surface area contributed by atoms with E-state index < -0.39 is 11.8 Å². The van der Waals surface area contributed by atoms with Crippen molar-refractivity contribution in [1.29, 1.82) is 0 Å². The lowest BCUT2D eigenvalue weighted by molar-refractivity contribution is -0.114. The summed E-state index contributed by atoms with van der Waals surface area (Å²) in [5, 5.41) is 0. The maximum Gasteiger partial charge on any atom is 0.241 e. The zero-order chi connectivity index (χ0) is 16.2. The van der Waals surface area contributed by atoms with Crippen LogP contribution in [0.5, 0.6) is 0 Å². The smallest absolute Gasteiger partial charge is 0.241 e. The molecule has 2 aromatic carbocycles. The Kier molecular flexibility index (Phi) is 7.47. The molecule has 22 heavy (non-hydrogen) atoms. The molecule has 0 bridgehead atoms. The molecule has 0 aromatic heterocycles. The molecule has 0 heterocycles. The second kappa shape index (κ2) is 9.72. The highest BCUT2D eigenvalue weighted by Crippen LogP contribution is 2.00. The summed E-state index contributed by atoms with van der Waals surface area (Å²) in [6.07, 6.45) is 6.05. The largest absolute Gasteiger partial charge is 0.366 e. The number of carbonyl (C=O) groups is 2. The molecule has 0 unspecified atom stereocenters.